The lowest BCUT2D eigenvalue weighted by Gasteiger charge is -2.45. The molecule has 3 aliphatic rings. The zero-order valence-electron chi connectivity index (χ0n) is 46.0. The van der Waals surface area contributed by atoms with Crippen LogP contribution in [0.3, 0.4) is 0 Å². The van der Waals surface area contributed by atoms with Gasteiger partial charge >= 0.3 is 23.7 Å². The van der Waals surface area contributed by atoms with Gasteiger partial charge in [-0.05, 0) is 148 Å². The number of anilines is 2. The van der Waals surface area contributed by atoms with Crippen molar-refractivity contribution in [3.8, 4) is 16.2 Å². The molecule has 23 heteroatoms. The summed E-state index contributed by atoms with van der Waals surface area (Å²) >= 11 is 7.98. The Morgan fingerprint density at radius 3 is 2.24 bits per heavy atom. The number of hydrogen-bond donors (Lipinski definition) is 3. The molecule has 3 aliphatic heterocycles. The van der Waals surface area contributed by atoms with E-state index in [1.807, 2.05) is 38.1 Å². The van der Waals surface area contributed by atoms with Crippen LogP contribution in [0.25, 0.3) is 21.5 Å². The lowest BCUT2D eigenvalue weighted by molar-refractivity contribution is -0.157. The first kappa shape index (κ1) is 58.8. The van der Waals surface area contributed by atoms with Crippen LogP contribution in [-0.4, -0.2) is 111 Å². The zero-order valence-corrected chi connectivity index (χ0v) is 48.4. The molecule has 79 heavy (non-hydrogen) atoms. The third kappa shape index (κ3) is 13.3. The number of sulfonamides is 1. The molecule has 2 unspecified atom stereocenters. The lowest BCUT2D eigenvalue weighted by atomic mass is 9.86. The number of amides is 4. The Balaban J connectivity index is 0.895. The highest BCUT2D eigenvalue weighted by Crippen LogP contribution is 2.47. The number of imide groups is 1. The van der Waals surface area contributed by atoms with Crippen molar-refractivity contribution < 1.29 is 55.4 Å². The van der Waals surface area contributed by atoms with Crippen molar-refractivity contribution in [3.63, 3.8) is 0 Å². The molecule has 5 aromatic rings. The number of halogens is 3. The number of nitrogens with one attached hydrogen (secondary N) is 3. The Kier molecular flexibility index (Phi) is 16.6. The molecular weight excluding hydrogens is 1080 g/mol. The van der Waals surface area contributed by atoms with Gasteiger partial charge in [0.2, 0.25) is 21.8 Å². The van der Waals surface area contributed by atoms with E-state index >= 15 is 8.78 Å². The van der Waals surface area contributed by atoms with E-state index in [9.17, 15) is 37.2 Å². The molecule has 0 bridgehead atoms. The Hall–Kier alpha value is -6.36. The Bertz CT molecular complexity index is 3380. The summed E-state index contributed by atoms with van der Waals surface area (Å²) in [5.74, 6) is -7.40. The van der Waals surface area contributed by atoms with E-state index < -0.39 is 93.3 Å². The van der Waals surface area contributed by atoms with Crippen molar-refractivity contribution in [1.29, 1.82) is 0 Å². The number of nitrogens with zero attached hydrogens (tertiary/aromatic N) is 4. The summed E-state index contributed by atoms with van der Waals surface area (Å²) in [6, 6.07) is 16.1. The van der Waals surface area contributed by atoms with Gasteiger partial charge in [-0.15, -0.1) is 11.3 Å². The normalized spacial score (nSPS) is 20.0. The molecule has 8 rings (SSSR count). The summed E-state index contributed by atoms with van der Waals surface area (Å²) in [7, 11) is -3.93. The van der Waals surface area contributed by atoms with Crippen molar-refractivity contribution in [2.45, 2.75) is 154 Å². The largest absolute Gasteiger partial charge is 0.479 e. The van der Waals surface area contributed by atoms with Gasteiger partial charge in [0.05, 0.1) is 34.1 Å². The number of thiophene rings is 1. The maximum Gasteiger partial charge on any atom is 0.352 e. The fourth-order valence-electron chi connectivity index (χ4n) is 10.6. The van der Waals surface area contributed by atoms with E-state index in [1.165, 1.54) is 25.6 Å². The molecule has 3 saturated heterocycles. The Morgan fingerprint density at radius 2 is 1.58 bits per heavy atom. The van der Waals surface area contributed by atoms with E-state index in [-0.39, 0.29) is 77.1 Å². The standard InChI is InChI=1S/C56H68ClF2N7O11S2/c1-32(2)65-42-27-34(17-18-40(42)66(52(65)72)41-19-20-43(67)62-49(41)69)39-22-23-63(31-56(39,58)59)51(71)61-36-15-11-13-33(25-36)30-79(73,74)64-24-21-38(28-55(64,9)10)60-37-16-12-14-35(26-37)47-45(57)46(75-29-44(68)76-53(3,4)5)48(78-47)50(70)77-54(6,7)8/h11-18,25-27,32,38-39,41,60H,19-24,28-31H2,1-10H3,(H,61,71)(H,62,67,69)/t38-,39?,41?/m0/s1. The summed E-state index contributed by atoms with van der Waals surface area (Å²) < 4.78 is 82.0. The van der Waals surface area contributed by atoms with Gasteiger partial charge < -0.3 is 29.7 Å². The number of imidazole rings is 1. The first-order valence-electron chi connectivity index (χ1n) is 26.2. The first-order chi connectivity index (χ1) is 36.8. The van der Waals surface area contributed by atoms with Crippen molar-refractivity contribution >= 4 is 85.2 Å². The van der Waals surface area contributed by atoms with E-state index in [2.05, 4.69) is 16.0 Å². The quantitative estimate of drug-likeness (QED) is 0.0699. The smallest absolute Gasteiger partial charge is 0.352 e. The molecule has 3 aromatic carbocycles. The van der Waals surface area contributed by atoms with E-state index in [0.29, 0.717) is 39.9 Å². The van der Waals surface area contributed by atoms with Gasteiger partial charge in [-0.2, -0.15) is 4.31 Å². The zero-order chi connectivity index (χ0) is 57.7. The molecule has 5 heterocycles. The highest BCUT2D eigenvalue weighted by atomic mass is 35.5. The lowest BCUT2D eigenvalue weighted by Crippen LogP contribution is -2.55. The van der Waals surface area contributed by atoms with Gasteiger partial charge in [-0.25, -0.2) is 36.4 Å². The number of urea groups is 1. The van der Waals surface area contributed by atoms with Gasteiger partial charge in [0, 0.05) is 48.5 Å². The minimum Gasteiger partial charge on any atom is -0.479 e. The van der Waals surface area contributed by atoms with Gasteiger partial charge in [-0.3, -0.25) is 24.0 Å². The van der Waals surface area contributed by atoms with E-state index in [1.54, 1.807) is 85.7 Å². The minimum atomic E-state index is -3.93. The molecule has 18 nitrogen and oxygen atoms in total. The average molecular weight is 1150 g/mol. The van der Waals surface area contributed by atoms with Gasteiger partial charge in [0.1, 0.15) is 22.3 Å². The maximum atomic E-state index is 16.2. The Labute approximate surface area is 467 Å². The van der Waals surface area contributed by atoms with E-state index in [0.717, 1.165) is 21.9 Å². The molecule has 0 radical (unpaired) electrons. The number of piperidine rings is 3. The fraction of sp³-hybridized carbons (Fsp3) is 0.500. The molecule has 2 aromatic heterocycles. The first-order valence-corrected chi connectivity index (χ1v) is 29.0. The molecule has 0 saturated carbocycles. The molecular formula is C56H68ClF2N7O11S2. The number of aromatic nitrogens is 2. The van der Waals surface area contributed by atoms with Gasteiger partial charge in [-0.1, -0.05) is 41.9 Å². The third-order valence-electron chi connectivity index (χ3n) is 13.9. The molecule has 3 atom stereocenters. The summed E-state index contributed by atoms with van der Waals surface area (Å²) in [5.41, 5.74) is 0.129. The van der Waals surface area contributed by atoms with E-state index in [4.69, 9.17) is 25.8 Å². The number of fused-ring (bicyclic) bond motifs is 1. The number of esters is 2. The highest BCUT2D eigenvalue weighted by molar-refractivity contribution is 7.88. The summed E-state index contributed by atoms with van der Waals surface area (Å²) in [4.78, 5) is 79.6. The van der Waals surface area contributed by atoms with Crippen LogP contribution in [0.5, 0.6) is 5.75 Å². The van der Waals surface area contributed by atoms with Crippen LogP contribution in [-0.2, 0) is 39.6 Å². The van der Waals surface area contributed by atoms with Crippen molar-refractivity contribution in [2.75, 3.05) is 36.9 Å². The maximum absolute atomic E-state index is 16.2. The number of benzene rings is 3. The van der Waals surface area contributed by atoms with Crippen LogP contribution in [0.2, 0.25) is 5.02 Å². The number of carbonyl (C=O) groups excluding carboxylic acids is 5. The van der Waals surface area contributed by atoms with Crippen molar-refractivity contribution in [2.24, 2.45) is 0 Å². The molecule has 0 spiro atoms. The number of likely N-dealkylation sites (tertiary alicyclic amines) is 1. The van der Waals surface area contributed by atoms with Crippen LogP contribution < -0.4 is 26.4 Å². The number of ether oxygens (including phenoxy) is 3. The Morgan fingerprint density at radius 1 is 0.886 bits per heavy atom. The molecule has 0 aliphatic carbocycles. The number of hydrogen-bond acceptors (Lipinski definition) is 13. The molecule has 3 N–H and O–H groups in total. The molecule has 426 valence electrons. The average Bonchev–Trinajstić information content (AvgIpc) is 3.92. The second-order valence-electron chi connectivity index (χ2n) is 23.3. The predicted octanol–water partition coefficient (Wildman–Crippen LogP) is 10.3. The fourth-order valence-corrected chi connectivity index (χ4v) is 14.0. The van der Waals surface area contributed by atoms with Crippen LogP contribution >= 0.6 is 22.9 Å². The third-order valence-corrected chi connectivity index (χ3v) is 17.6. The number of alkyl halides is 2. The summed E-state index contributed by atoms with van der Waals surface area (Å²) in [6.45, 7) is 16.4. The number of carbonyl (C=O) groups is 5. The summed E-state index contributed by atoms with van der Waals surface area (Å²) in [6.07, 6.45) is 0.976. The predicted molar refractivity (Wildman–Crippen MR) is 299 cm³/mol. The van der Waals surface area contributed by atoms with Crippen molar-refractivity contribution in [1.82, 2.24) is 23.7 Å². The molecule has 4 amide bonds. The van der Waals surface area contributed by atoms with Crippen molar-refractivity contribution in [3.05, 3.63) is 98.2 Å². The highest BCUT2D eigenvalue weighted by Gasteiger charge is 2.47. The summed E-state index contributed by atoms with van der Waals surface area (Å²) in [5, 5.41) is 8.65. The topological polar surface area (TPSA) is 217 Å². The monoisotopic (exact) mass is 1150 g/mol. The SMILES string of the molecule is CC(C)n1c(=O)n(C2CCC(=O)NC2=O)c2ccc(C3CCN(C(=O)Nc4cccc(CS(=O)(=O)N5CC[C@H](Nc6cccc(-c7sc(C(=O)OC(C)(C)C)c(OCC(=O)OC(C)(C)C)c7Cl)c6)CC5(C)C)c4)CC3(F)F)cc21. The van der Waals surface area contributed by atoms with Crippen LogP contribution in [0, 0.1) is 0 Å². The second kappa shape index (κ2) is 22.3. The minimum absolute atomic E-state index is 0.00402. The van der Waals surface area contributed by atoms with Gasteiger partial charge in [0.25, 0.3) is 5.92 Å². The molecule has 3 fully saturated rings. The second-order valence-corrected chi connectivity index (χ2v) is 26.6. The van der Waals surface area contributed by atoms with Gasteiger partial charge in [0.15, 0.2) is 17.2 Å². The van der Waals surface area contributed by atoms with Crippen LogP contribution in [0.1, 0.15) is 140 Å². The van der Waals surface area contributed by atoms with Crippen LogP contribution in [0.4, 0.5) is 25.0 Å². The number of rotatable bonds is 14. The van der Waals surface area contributed by atoms with Crippen LogP contribution in [0.15, 0.2) is 71.5 Å².